The highest BCUT2D eigenvalue weighted by atomic mass is 17.2. The van der Waals surface area contributed by atoms with E-state index in [9.17, 15) is 4.79 Å². The Morgan fingerprint density at radius 2 is 1.78 bits per heavy atom. The van der Waals surface area contributed by atoms with Gasteiger partial charge in [-0.05, 0) is 39.5 Å². The van der Waals surface area contributed by atoms with Crippen molar-refractivity contribution in [1.82, 2.24) is 0 Å². The number of rotatable bonds is 6. The third kappa shape index (κ3) is 8.12. The summed E-state index contributed by atoms with van der Waals surface area (Å²) in [6.07, 6.45) is 2.08. The van der Waals surface area contributed by atoms with Crippen LogP contribution in [0.25, 0.3) is 0 Å². The van der Waals surface area contributed by atoms with Gasteiger partial charge in [-0.1, -0.05) is 20.8 Å². The maximum absolute atomic E-state index is 11.3. The lowest BCUT2D eigenvalue weighted by molar-refractivity contribution is -0.322. The average molecular weight is 257 g/mol. The molecule has 0 bridgehead atoms. The van der Waals surface area contributed by atoms with E-state index < -0.39 is 11.6 Å². The Bertz CT molecular complexity index is 297. The topological polar surface area (TPSA) is 44.8 Å². The molecule has 0 atom stereocenters. The highest BCUT2D eigenvalue weighted by molar-refractivity contribution is 5.87. The zero-order valence-corrected chi connectivity index (χ0v) is 12.3. The summed E-state index contributed by atoms with van der Waals surface area (Å²) < 4.78 is 4.71. The second kappa shape index (κ2) is 6.78. The molecule has 0 rings (SSSR count). The molecule has 0 unspecified atom stereocenters. The molecule has 0 aliphatic carbocycles. The first-order valence-electron chi connectivity index (χ1n) is 6.05. The van der Waals surface area contributed by atoms with E-state index in [1.54, 1.807) is 6.92 Å². The summed E-state index contributed by atoms with van der Waals surface area (Å²) in [5, 5.41) is 0. The molecular formula is C14H25O4. The maximum atomic E-state index is 11.3. The summed E-state index contributed by atoms with van der Waals surface area (Å²) in [5.41, 5.74) is 0.0501. The van der Waals surface area contributed by atoms with Crippen molar-refractivity contribution in [2.24, 2.45) is 5.41 Å². The number of esters is 1. The van der Waals surface area contributed by atoms with E-state index in [1.165, 1.54) is 6.26 Å². The zero-order chi connectivity index (χ0) is 14.4. The first kappa shape index (κ1) is 17.0. The van der Waals surface area contributed by atoms with Crippen LogP contribution in [0.1, 0.15) is 48.0 Å². The average Bonchev–Trinajstić information content (AvgIpc) is 2.13. The van der Waals surface area contributed by atoms with Crippen molar-refractivity contribution in [3.8, 4) is 0 Å². The number of carbonyl (C=O) groups is 1. The lowest BCUT2D eigenvalue weighted by Crippen LogP contribution is -2.29. The lowest BCUT2D eigenvalue weighted by atomic mass is 9.84. The minimum atomic E-state index is -0.456. The van der Waals surface area contributed by atoms with Gasteiger partial charge in [0.15, 0.2) is 0 Å². The van der Waals surface area contributed by atoms with Gasteiger partial charge in [-0.25, -0.2) is 4.79 Å². The van der Waals surface area contributed by atoms with Gasteiger partial charge in [0.25, 0.3) is 0 Å². The standard InChI is InChI=1S/C14H25O4/c1-8-16-12(15)11(2)9-17-18-14(6,7)10-13(3,4)5/h9H,1,8,10H2,2-7H3. The Morgan fingerprint density at radius 1 is 1.22 bits per heavy atom. The molecule has 0 aliphatic rings. The molecule has 105 valence electrons. The van der Waals surface area contributed by atoms with Gasteiger partial charge in [-0.15, -0.1) is 0 Å². The molecule has 0 heterocycles. The molecule has 4 heteroatoms. The molecule has 0 spiro atoms. The Balaban J connectivity index is 4.24. The van der Waals surface area contributed by atoms with Crippen LogP contribution in [0.2, 0.25) is 0 Å². The van der Waals surface area contributed by atoms with E-state index in [0.29, 0.717) is 5.57 Å². The minimum absolute atomic E-state index is 0.0976. The Hall–Kier alpha value is -1.03. The van der Waals surface area contributed by atoms with Gasteiger partial charge in [0, 0.05) is 0 Å². The van der Waals surface area contributed by atoms with Crippen molar-refractivity contribution in [2.75, 3.05) is 6.61 Å². The van der Waals surface area contributed by atoms with Gasteiger partial charge < -0.3 is 9.62 Å². The Morgan fingerprint density at radius 3 is 2.22 bits per heavy atom. The third-order valence-electron chi connectivity index (χ3n) is 2.01. The van der Waals surface area contributed by atoms with E-state index >= 15 is 0 Å². The summed E-state index contributed by atoms with van der Waals surface area (Å²) in [6, 6.07) is 0. The molecule has 0 fully saturated rings. The van der Waals surface area contributed by atoms with Crippen LogP contribution >= 0.6 is 0 Å². The van der Waals surface area contributed by atoms with Gasteiger partial charge >= 0.3 is 5.97 Å². The summed E-state index contributed by atoms with van der Waals surface area (Å²) in [7, 11) is 0. The number of ether oxygens (including phenoxy) is 1. The van der Waals surface area contributed by atoms with E-state index in [1.807, 2.05) is 13.8 Å². The van der Waals surface area contributed by atoms with Gasteiger partial charge in [0.1, 0.15) is 11.9 Å². The summed E-state index contributed by atoms with van der Waals surface area (Å²) in [4.78, 5) is 21.6. The maximum Gasteiger partial charge on any atom is 0.336 e. The fourth-order valence-electron chi connectivity index (χ4n) is 1.79. The predicted molar refractivity (Wildman–Crippen MR) is 70.4 cm³/mol. The first-order chi connectivity index (χ1) is 8.07. The predicted octanol–water partition coefficient (Wildman–Crippen LogP) is 3.43. The van der Waals surface area contributed by atoms with Crippen LogP contribution in [0.4, 0.5) is 0 Å². The lowest BCUT2D eigenvalue weighted by Gasteiger charge is -2.30. The SMILES string of the molecule is [CH2]COC(=O)C(C)=COOC(C)(C)CC(C)(C)C. The molecule has 0 aromatic rings. The van der Waals surface area contributed by atoms with Crippen LogP contribution in [0.3, 0.4) is 0 Å². The molecule has 0 aromatic heterocycles. The number of hydrogen-bond donors (Lipinski definition) is 0. The van der Waals surface area contributed by atoms with Gasteiger partial charge in [0.05, 0.1) is 12.2 Å². The molecular weight excluding hydrogens is 232 g/mol. The normalized spacial score (nSPS) is 13.4. The van der Waals surface area contributed by atoms with Gasteiger partial charge in [0.2, 0.25) is 0 Å². The molecule has 0 aromatic carbocycles. The smallest absolute Gasteiger partial charge is 0.336 e. The largest absolute Gasteiger partial charge is 0.462 e. The van der Waals surface area contributed by atoms with Crippen LogP contribution < -0.4 is 0 Å². The van der Waals surface area contributed by atoms with Crippen LogP contribution in [-0.2, 0) is 19.3 Å². The van der Waals surface area contributed by atoms with E-state index in [0.717, 1.165) is 6.42 Å². The van der Waals surface area contributed by atoms with Crippen LogP contribution in [-0.4, -0.2) is 18.2 Å². The van der Waals surface area contributed by atoms with Crippen molar-refractivity contribution in [2.45, 2.75) is 53.6 Å². The second-order valence-corrected chi connectivity index (χ2v) is 6.11. The van der Waals surface area contributed by atoms with Crippen LogP contribution in [0.5, 0.6) is 0 Å². The molecule has 18 heavy (non-hydrogen) atoms. The summed E-state index contributed by atoms with van der Waals surface area (Å²) >= 11 is 0. The van der Waals surface area contributed by atoms with Crippen molar-refractivity contribution in [3.05, 3.63) is 18.8 Å². The fourth-order valence-corrected chi connectivity index (χ4v) is 1.79. The fraction of sp³-hybridized carbons (Fsp3) is 0.714. The molecule has 0 saturated carbocycles. The first-order valence-corrected chi connectivity index (χ1v) is 6.05. The molecule has 0 aliphatic heterocycles. The summed E-state index contributed by atoms with van der Waals surface area (Å²) in [5.74, 6) is -0.456. The van der Waals surface area contributed by atoms with Crippen molar-refractivity contribution in [3.63, 3.8) is 0 Å². The van der Waals surface area contributed by atoms with E-state index in [-0.39, 0.29) is 12.0 Å². The molecule has 0 amide bonds. The van der Waals surface area contributed by atoms with E-state index in [4.69, 9.17) is 14.5 Å². The Kier molecular flexibility index (Phi) is 6.39. The molecule has 0 N–H and O–H groups in total. The quantitative estimate of drug-likeness (QED) is 0.240. The highest BCUT2D eigenvalue weighted by Crippen LogP contribution is 2.29. The van der Waals surface area contributed by atoms with Crippen LogP contribution in [0.15, 0.2) is 11.8 Å². The molecule has 1 radical (unpaired) electrons. The minimum Gasteiger partial charge on any atom is -0.462 e. The molecule has 0 saturated heterocycles. The van der Waals surface area contributed by atoms with Crippen molar-refractivity contribution >= 4 is 5.97 Å². The monoisotopic (exact) mass is 257 g/mol. The Labute approximate surface area is 110 Å². The highest BCUT2D eigenvalue weighted by Gasteiger charge is 2.27. The third-order valence-corrected chi connectivity index (χ3v) is 2.01. The zero-order valence-electron chi connectivity index (χ0n) is 12.3. The van der Waals surface area contributed by atoms with Gasteiger partial charge in [-0.3, -0.25) is 0 Å². The number of hydrogen-bond acceptors (Lipinski definition) is 4. The van der Waals surface area contributed by atoms with Crippen molar-refractivity contribution in [1.29, 1.82) is 0 Å². The number of carbonyl (C=O) groups excluding carboxylic acids is 1. The summed E-state index contributed by atoms with van der Waals surface area (Å²) in [6.45, 7) is 15.4. The van der Waals surface area contributed by atoms with Crippen molar-refractivity contribution < 1.29 is 19.3 Å². The van der Waals surface area contributed by atoms with Gasteiger partial charge in [-0.2, -0.15) is 4.89 Å². The van der Waals surface area contributed by atoms with E-state index in [2.05, 4.69) is 27.7 Å². The molecule has 4 nitrogen and oxygen atoms in total. The second-order valence-electron chi connectivity index (χ2n) is 6.11. The van der Waals surface area contributed by atoms with Crippen LogP contribution in [0, 0.1) is 12.3 Å².